The molecule has 1 unspecified atom stereocenters. The van der Waals surface area contributed by atoms with E-state index in [1.54, 1.807) is 13.2 Å². The molecule has 0 saturated carbocycles. The molecule has 0 aromatic heterocycles. The summed E-state index contributed by atoms with van der Waals surface area (Å²) in [4.78, 5) is 15.0. The second-order valence-corrected chi connectivity index (χ2v) is 7.00. The third kappa shape index (κ3) is 5.90. The number of methoxy groups -OCH3 is 1. The van der Waals surface area contributed by atoms with Gasteiger partial charge in [-0.1, -0.05) is 24.6 Å². The predicted molar refractivity (Wildman–Crippen MR) is 107 cm³/mol. The molecule has 156 valence electrons. The molecule has 1 N–H and O–H groups in total. The summed E-state index contributed by atoms with van der Waals surface area (Å²) < 4.78 is 34.5. The minimum atomic E-state index is -2.92. The van der Waals surface area contributed by atoms with E-state index in [-0.39, 0.29) is 23.3 Å². The van der Waals surface area contributed by atoms with Crippen LogP contribution in [0, 0.1) is 0 Å². The van der Waals surface area contributed by atoms with Crippen molar-refractivity contribution < 1.29 is 23.0 Å². The van der Waals surface area contributed by atoms with E-state index >= 15 is 0 Å². The number of alkyl halides is 2. The number of hydrogen-bond acceptors (Lipinski definition) is 4. The zero-order chi connectivity index (χ0) is 20.6. The SMILES string of the molecule is COc1ccc(C(CNC(=O)c2cccc(OC(F)F)c2)N2CCCCC2)cc1. The average Bonchev–Trinajstić information content (AvgIpc) is 2.74. The number of nitrogens with one attached hydrogen (secondary N) is 1. The molecule has 2 aromatic rings. The maximum atomic E-state index is 12.6. The molecule has 0 bridgehead atoms. The van der Waals surface area contributed by atoms with Crippen molar-refractivity contribution in [3.63, 3.8) is 0 Å². The van der Waals surface area contributed by atoms with Gasteiger partial charge in [-0.05, 0) is 61.8 Å². The van der Waals surface area contributed by atoms with Crippen LogP contribution in [0.15, 0.2) is 48.5 Å². The minimum absolute atomic E-state index is 0.0321. The molecular weight excluding hydrogens is 378 g/mol. The van der Waals surface area contributed by atoms with E-state index in [0.717, 1.165) is 37.2 Å². The van der Waals surface area contributed by atoms with Crippen LogP contribution in [0.1, 0.15) is 41.2 Å². The first-order chi connectivity index (χ1) is 14.1. The summed E-state index contributed by atoms with van der Waals surface area (Å²) in [5, 5.41) is 2.95. The number of ether oxygens (including phenoxy) is 2. The van der Waals surface area contributed by atoms with Gasteiger partial charge in [0.2, 0.25) is 0 Å². The number of likely N-dealkylation sites (tertiary alicyclic amines) is 1. The van der Waals surface area contributed by atoms with Gasteiger partial charge in [0.05, 0.1) is 13.2 Å². The fourth-order valence-corrected chi connectivity index (χ4v) is 3.62. The van der Waals surface area contributed by atoms with Crippen molar-refractivity contribution in [2.75, 3.05) is 26.7 Å². The normalized spacial score (nSPS) is 15.7. The van der Waals surface area contributed by atoms with Crippen LogP contribution in [0.4, 0.5) is 8.78 Å². The van der Waals surface area contributed by atoms with Crippen LogP contribution in [0.2, 0.25) is 0 Å². The first-order valence-electron chi connectivity index (χ1n) is 9.78. The Labute approximate surface area is 169 Å². The van der Waals surface area contributed by atoms with Gasteiger partial charge in [-0.25, -0.2) is 0 Å². The summed E-state index contributed by atoms with van der Waals surface area (Å²) in [6.45, 7) is -0.550. The lowest BCUT2D eigenvalue weighted by atomic mass is 10.0. The number of rotatable bonds is 8. The van der Waals surface area contributed by atoms with Crippen LogP contribution in [0.25, 0.3) is 0 Å². The molecule has 1 aliphatic rings. The fraction of sp³-hybridized carbons (Fsp3) is 0.409. The molecule has 1 atom stereocenters. The van der Waals surface area contributed by atoms with E-state index in [4.69, 9.17) is 4.74 Å². The monoisotopic (exact) mass is 404 g/mol. The largest absolute Gasteiger partial charge is 0.497 e. The molecule has 1 saturated heterocycles. The summed E-state index contributed by atoms with van der Waals surface area (Å²) in [5.74, 6) is 0.432. The molecule has 1 heterocycles. The van der Waals surface area contributed by atoms with Crippen molar-refractivity contribution in [1.82, 2.24) is 10.2 Å². The average molecular weight is 404 g/mol. The molecule has 1 amide bonds. The maximum absolute atomic E-state index is 12.6. The highest BCUT2D eigenvalue weighted by Gasteiger charge is 2.23. The minimum Gasteiger partial charge on any atom is -0.497 e. The Hall–Kier alpha value is -2.67. The summed E-state index contributed by atoms with van der Waals surface area (Å²) in [7, 11) is 1.63. The molecular formula is C22H26F2N2O3. The highest BCUT2D eigenvalue weighted by Crippen LogP contribution is 2.26. The summed E-state index contributed by atoms with van der Waals surface area (Å²) in [6, 6.07) is 13.7. The Morgan fingerprint density at radius 1 is 1.07 bits per heavy atom. The summed E-state index contributed by atoms with van der Waals surface area (Å²) in [5.41, 5.74) is 1.39. The second kappa shape index (κ2) is 10.2. The van der Waals surface area contributed by atoms with Gasteiger partial charge in [0.25, 0.3) is 5.91 Å². The van der Waals surface area contributed by atoms with E-state index in [0.29, 0.717) is 6.54 Å². The van der Waals surface area contributed by atoms with Crippen molar-refractivity contribution >= 4 is 5.91 Å². The summed E-state index contributed by atoms with van der Waals surface area (Å²) in [6.07, 6.45) is 3.48. The van der Waals surface area contributed by atoms with Crippen LogP contribution in [-0.2, 0) is 0 Å². The number of hydrogen-bond donors (Lipinski definition) is 1. The second-order valence-electron chi connectivity index (χ2n) is 7.00. The molecule has 1 fully saturated rings. The Balaban J connectivity index is 1.71. The van der Waals surface area contributed by atoms with Gasteiger partial charge >= 0.3 is 6.61 Å². The number of carbonyl (C=O) groups excluding carboxylic acids is 1. The van der Waals surface area contributed by atoms with E-state index < -0.39 is 6.61 Å². The zero-order valence-corrected chi connectivity index (χ0v) is 16.4. The molecule has 5 nitrogen and oxygen atoms in total. The summed E-state index contributed by atoms with van der Waals surface area (Å²) >= 11 is 0. The van der Waals surface area contributed by atoms with Gasteiger partial charge < -0.3 is 14.8 Å². The predicted octanol–water partition coefficient (Wildman–Crippen LogP) is 4.25. The van der Waals surface area contributed by atoms with Gasteiger partial charge in [0, 0.05) is 12.1 Å². The van der Waals surface area contributed by atoms with Crippen molar-refractivity contribution in [3.8, 4) is 11.5 Å². The van der Waals surface area contributed by atoms with Gasteiger partial charge in [-0.2, -0.15) is 8.78 Å². The molecule has 3 rings (SSSR count). The van der Waals surface area contributed by atoms with E-state index in [2.05, 4.69) is 15.0 Å². The lowest BCUT2D eigenvalue weighted by Gasteiger charge is -2.35. The molecule has 0 radical (unpaired) electrons. The third-order valence-corrected chi connectivity index (χ3v) is 5.11. The highest BCUT2D eigenvalue weighted by molar-refractivity contribution is 5.94. The van der Waals surface area contributed by atoms with Crippen LogP contribution in [-0.4, -0.2) is 44.2 Å². The Morgan fingerprint density at radius 2 is 1.79 bits per heavy atom. The van der Waals surface area contributed by atoms with E-state index in [1.165, 1.54) is 24.6 Å². The molecule has 0 aliphatic carbocycles. The van der Waals surface area contributed by atoms with Crippen LogP contribution < -0.4 is 14.8 Å². The van der Waals surface area contributed by atoms with Crippen LogP contribution >= 0.6 is 0 Å². The van der Waals surface area contributed by atoms with Crippen molar-refractivity contribution in [2.24, 2.45) is 0 Å². The highest BCUT2D eigenvalue weighted by atomic mass is 19.3. The van der Waals surface area contributed by atoms with E-state index in [9.17, 15) is 13.6 Å². The number of carbonyl (C=O) groups is 1. The standard InChI is InChI=1S/C22H26F2N2O3/c1-28-18-10-8-16(9-11-18)20(26-12-3-2-4-13-26)15-25-21(27)17-6-5-7-19(14-17)29-22(23)24/h5-11,14,20,22H,2-4,12-13,15H2,1H3,(H,25,27). The van der Waals surface area contributed by atoms with Gasteiger partial charge in [0.15, 0.2) is 0 Å². The van der Waals surface area contributed by atoms with Crippen molar-refractivity contribution in [1.29, 1.82) is 0 Å². The fourth-order valence-electron chi connectivity index (χ4n) is 3.62. The van der Waals surface area contributed by atoms with E-state index in [1.807, 2.05) is 24.3 Å². The number of piperidine rings is 1. The maximum Gasteiger partial charge on any atom is 0.387 e. The molecule has 2 aromatic carbocycles. The third-order valence-electron chi connectivity index (χ3n) is 5.11. The number of benzene rings is 2. The van der Waals surface area contributed by atoms with Gasteiger partial charge in [-0.15, -0.1) is 0 Å². The number of halogens is 2. The molecule has 7 heteroatoms. The first-order valence-corrected chi connectivity index (χ1v) is 9.78. The smallest absolute Gasteiger partial charge is 0.387 e. The Morgan fingerprint density at radius 3 is 2.45 bits per heavy atom. The first kappa shape index (κ1) is 21.0. The van der Waals surface area contributed by atoms with Gasteiger partial charge in [0.1, 0.15) is 11.5 Å². The zero-order valence-electron chi connectivity index (χ0n) is 16.4. The van der Waals surface area contributed by atoms with Crippen LogP contribution in [0.3, 0.4) is 0 Å². The lowest BCUT2D eigenvalue weighted by Crippen LogP contribution is -2.40. The van der Waals surface area contributed by atoms with Crippen molar-refractivity contribution in [2.45, 2.75) is 31.9 Å². The number of nitrogens with zero attached hydrogens (tertiary/aromatic N) is 1. The van der Waals surface area contributed by atoms with Crippen molar-refractivity contribution in [3.05, 3.63) is 59.7 Å². The Kier molecular flexibility index (Phi) is 7.41. The quantitative estimate of drug-likeness (QED) is 0.715. The Bertz CT molecular complexity index is 793. The molecule has 29 heavy (non-hydrogen) atoms. The van der Waals surface area contributed by atoms with Crippen LogP contribution in [0.5, 0.6) is 11.5 Å². The molecule has 0 spiro atoms. The lowest BCUT2D eigenvalue weighted by molar-refractivity contribution is -0.0498. The topological polar surface area (TPSA) is 50.8 Å². The molecule has 1 aliphatic heterocycles. The number of amides is 1. The van der Waals surface area contributed by atoms with Gasteiger partial charge in [-0.3, -0.25) is 9.69 Å².